The summed E-state index contributed by atoms with van der Waals surface area (Å²) in [7, 11) is 0. The lowest BCUT2D eigenvalue weighted by Crippen LogP contribution is -2.28. The average molecular weight is 323 g/mol. The summed E-state index contributed by atoms with van der Waals surface area (Å²) in [5, 5.41) is 11.9. The van der Waals surface area contributed by atoms with Crippen LogP contribution in [-0.4, -0.2) is 16.7 Å². The van der Waals surface area contributed by atoms with Crippen LogP contribution in [0.1, 0.15) is 10.6 Å². The number of Topliss-reactive ketones (excluding diaryl/α,β-unsaturated/α-hetero) is 1. The van der Waals surface area contributed by atoms with Crippen molar-refractivity contribution in [2.75, 3.05) is 5.32 Å². The number of anilines is 1. The van der Waals surface area contributed by atoms with Gasteiger partial charge in [-0.15, -0.1) is 0 Å². The summed E-state index contributed by atoms with van der Waals surface area (Å²) in [6.45, 7) is 0. The van der Waals surface area contributed by atoms with Crippen molar-refractivity contribution in [1.29, 1.82) is 5.26 Å². The van der Waals surface area contributed by atoms with Gasteiger partial charge in [-0.1, -0.05) is 6.07 Å². The zero-order chi connectivity index (χ0) is 17.1. The van der Waals surface area contributed by atoms with Crippen LogP contribution < -0.4 is 5.32 Å². The van der Waals surface area contributed by atoms with E-state index in [-0.39, 0.29) is 11.6 Å². The van der Waals surface area contributed by atoms with Gasteiger partial charge in [0.05, 0.1) is 6.07 Å². The number of aromatic nitrogens is 1. The molecule has 0 unspecified atom stereocenters. The van der Waals surface area contributed by atoms with Gasteiger partial charge in [0.25, 0.3) is 5.91 Å². The van der Waals surface area contributed by atoms with E-state index in [0.717, 1.165) is 0 Å². The summed E-state index contributed by atoms with van der Waals surface area (Å²) in [6, 6.07) is 11.6. The molecule has 0 spiro atoms. The molecule has 0 aliphatic carbocycles. The van der Waals surface area contributed by atoms with E-state index in [1.807, 2.05) is 0 Å². The Hall–Kier alpha value is -3.53. The van der Waals surface area contributed by atoms with E-state index in [0.29, 0.717) is 11.0 Å². The highest BCUT2D eigenvalue weighted by atomic mass is 19.1. The van der Waals surface area contributed by atoms with Crippen molar-refractivity contribution in [2.24, 2.45) is 5.92 Å². The smallest absolute Gasteiger partial charge is 0.251 e. The van der Waals surface area contributed by atoms with Crippen LogP contribution in [0.4, 0.5) is 10.2 Å². The Morgan fingerprint density at radius 2 is 2.08 bits per heavy atom. The molecule has 0 radical (unpaired) electrons. The Kier molecular flexibility index (Phi) is 4.03. The SMILES string of the molecule is N#C[C@@H](C(=O)Nc1ccccn1)C(=O)c1cc2cc(F)ccc2o1. The van der Waals surface area contributed by atoms with Crippen LogP contribution in [0.5, 0.6) is 0 Å². The van der Waals surface area contributed by atoms with Crippen molar-refractivity contribution in [3.63, 3.8) is 0 Å². The molecule has 3 aromatic rings. The van der Waals surface area contributed by atoms with Crippen LogP contribution in [0, 0.1) is 23.1 Å². The summed E-state index contributed by atoms with van der Waals surface area (Å²) in [4.78, 5) is 28.4. The molecule has 0 aliphatic rings. The molecule has 1 amide bonds. The number of benzene rings is 1. The molecule has 3 rings (SSSR count). The van der Waals surface area contributed by atoms with Gasteiger partial charge in [0.1, 0.15) is 17.2 Å². The van der Waals surface area contributed by atoms with Gasteiger partial charge in [-0.3, -0.25) is 9.59 Å². The van der Waals surface area contributed by atoms with Gasteiger partial charge in [0.2, 0.25) is 5.78 Å². The topological polar surface area (TPSA) is 96.0 Å². The van der Waals surface area contributed by atoms with Gasteiger partial charge in [0.15, 0.2) is 11.7 Å². The van der Waals surface area contributed by atoms with Crippen molar-refractivity contribution >= 4 is 28.5 Å². The van der Waals surface area contributed by atoms with Gasteiger partial charge >= 0.3 is 0 Å². The molecule has 0 saturated heterocycles. The summed E-state index contributed by atoms with van der Waals surface area (Å²) in [6.07, 6.45) is 1.46. The van der Waals surface area contributed by atoms with Crippen molar-refractivity contribution in [3.05, 3.63) is 60.2 Å². The number of nitrogens with one attached hydrogen (secondary N) is 1. The number of nitrogens with zero attached hydrogens (tertiary/aromatic N) is 2. The first-order valence-electron chi connectivity index (χ1n) is 6.93. The minimum Gasteiger partial charge on any atom is -0.453 e. The number of hydrogen-bond donors (Lipinski definition) is 1. The summed E-state index contributed by atoms with van der Waals surface area (Å²) in [5.41, 5.74) is 0.293. The molecule has 7 heteroatoms. The number of nitriles is 1. The minimum atomic E-state index is -1.60. The van der Waals surface area contributed by atoms with E-state index < -0.39 is 23.4 Å². The molecule has 6 nitrogen and oxygen atoms in total. The molecule has 118 valence electrons. The number of hydrogen-bond acceptors (Lipinski definition) is 5. The van der Waals surface area contributed by atoms with E-state index in [1.54, 1.807) is 18.2 Å². The van der Waals surface area contributed by atoms with Gasteiger partial charge in [0, 0.05) is 11.6 Å². The summed E-state index contributed by atoms with van der Waals surface area (Å²) < 4.78 is 18.5. The highest BCUT2D eigenvalue weighted by Crippen LogP contribution is 2.22. The van der Waals surface area contributed by atoms with Crippen LogP contribution in [0.25, 0.3) is 11.0 Å². The largest absolute Gasteiger partial charge is 0.453 e. The maximum atomic E-state index is 13.2. The Morgan fingerprint density at radius 3 is 2.79 bits per heavy atom. The van der Waals surface area contributed by atoms with Crippen molar-refractivity contribution in [1.82, 2.24) is 4.98 Å². The highest BCUT2D eigenvalue weighted by molar-refractivity contribution is 6.15. The number of amides is 1. The molecule has 0 fully saturated rings. The van der Waals surface area contributed by atoms with Gasteiger partial charge < -0.3 is 9.73 Å². The molecule has 2 heterocycles. The molecule has 2 aromatic heterocycles. The zero-order valence-corrected chi connectivity index (χ0v) is 12.2. The van der Waals surface area contributed by atoms with Gasteiger partial charge in [-0.05, 0) is 36.4 Å². The number of furan rings is 1. The molecule has 1 atom stereocenters. The first-order chi connectivity index (χ1) is 11.6. The fraction of sp³-hybridized carbons (Fsp3) is 0.0588. The monoisotopic (exact) mass is 323 g/mol. The molecule has 24 heavy (non-hydrogen) atoms. The van der Waals surface area contributed by atoms with Crippen LogP contribution >= 0.6 is 0 Å². The standard InChI is InChI=1S/C17H10FN3O3/c18-11-4-5-13-10(7-11)8-14(24-13)16(22)12(9-19)17(23)21-15-3-1-2-6-20-15/h1-8,12H,(H,20,21,23)/t12-/m1/s1. The molecular formula is C17H10FN3O3. The summed E-state index contributed by atoms with van der Waals surface area (Å²) >= 11 is 0. The molecule has 0 bridgehead atoms. The molecule has 0 saturated carbocycles. The second kappa shape index (κ2) is 6.30. The van der Waals surface area contributed by atoms with Crippen molar-refractivity contribution in [2.45, 2.75) is 0 Å². The quantitative estimate of drug-likeness (QED) is 0.588. The molecule has 1 aromatic carbocycles. The Labute approximate surface area is 135 Å². The lowest BCUT2D eigenvalue weighted by atomic mass is 10.0. The third kappa shape index (κ3) is 2.98. The third-order valence-electron chi connectivity index (χ3n) is 3.29. The average Bonchev–Trinajstić information content (AvgIpc) is 2.99. The molecule has 0 aliphatic heterocycles. The van der Waals surface area contributed by atoms with E-state index in [9.17, 15) is 19.2 Å². The predicted octanol–water partition coefficient (Wildman–Crippen LogP) is 2.93. The van der Waals surface area contributed by atoms with Crippen LogP contribution in [0.15, 0.2) is 53.1 Å². The number of carbonyl (C=O) groups excluding carboxylic acids is 2. The second-order valence-corrected chi connectivity index (χ2v) is 4.92. The van der Waals surface area contributed by atoms with Crippen LogP contribution in [0.3, 0.4) is 0 Å². The maximum Gasteiger partial charge on any atom is 0.251 e. The summed E-state index contributed by atoms with van der Waals surface area (Å²) in [5.74, 6) is -3.65. The number of fused-ring (bicyclic) bond motifs is 1. The van der Waals surface area contributed by atoms with Crippen molar-refractivity contribution < 1.29 is 18.4 Å². The van der Waals surface area contributed by atoms with Crippen LogP contribution in [-0.2, 0) is 4.79 Å². The van der Waals surface area contributed by atoms with Gasteiger partial charge in [-0.2, -0.15) is 5.26 Å². The number of carbonyl (C=O) groups is 2. The number of rotatable bonds is 4. The Balaban J connectivity index is 1.85. The lowest BCUT2D eigenvalue weighted by Gasteiger charge is -2.07. The van der Waals surface area contributed by atoms with Gasteiger partial charge in [-0.25, -0.2) is 9.37 Å². The molecule has 1 N–H and O–H groups in total. The normalized spacial score (nSPS) is 11.7. The predicted molar refractivity (Wildman–Crippen MR) is 82.5 cm³/mol. The van der Waals surface area contributed by atoms with E-state index in [1.165, 1.54) is 36.5 Å². The zero-order valence-electron chi connectivity index (χ0n) is 12.2. The molecular weight excluding hydrogens is 313 g/mol. The third-order valence-corrected chi connectivity index (χ3v) is 3.29. The fourth-order valence-corrected chi connectivity index (χ4v) is 2.15. The Bertz CT molecular complexity index is 960. The maximum absolute atomic E-state index is 13.2. The second-order valence-electron chi connectivity index (χ2n) is 4.92. The van der Waals surface area contributed by atoms with Crippen molar-refractivity contribution in [3.8, 4) is 6.07 Å². The van der Waals surface area contributed by atoms with E-state index in [4.69, 9.17) is 4.42 Å². The first-order valence-corrected chi connectivity index (χ1v) is 6.93. The fourth-order valence-electron chi connectivity index (χ4n) is 2.15. The number of pyridine rings is 1. The first kappa shape index (κ1) is 15.4. The number of halogens is 1. The Morgan fingerprint density at radius 1 is 1.25 bits per heavy atom. The minimum absolute atomic E-state index is 0.182. The lowest BCUT2D eigenvalue weighted by molar-refractivity contribution is -0.117. The van der Waals surface area contributed by atoms with E-state index >= 15 is 0 Å². The number of ketones is 1. The van der Waals surface area contributed by atoms with Crippen LogP contribution in [0.2, 0.25) is 0 Å². The highest BCUT2D eigenvalue weighted by Gasteiger charge is 2.30. The van der Waals surface area contributed by atoms with E-state index in [2.05, 4.69) is 10.3 Å².